The van der Waals surface area contributed by atoms with Crippen LogP contribution >= 0.6 is 22.6 Å². The van der Waals surface area contributed by atoms with E-state index in [-0.39, 0.29) is 5.91 Å². The van der Waals surface area contributed by atoms with Gasteiger partial charge in [0.15, 0.2) is 0 Å². The van der Waals surface area contributed by atoms with Gasteiger partial charge in [0, 0.05) is 21.4 Å². The summed E-state index contributed by atoms with van der Waals surface area (Å²) >= 11 is 2.26. The zero-order valence-electron chi connectivity index (χ0n) is 15.4. The van der Waals surface area contributed by atoms with E-state index in [2.05, 4.69) is 50.7 Å². The van der Waals surface area contributed by atoms with Crippen molar-refractivity contribution in [2.24, 2.45) is 0 Å². The molecule has 0 unspecified atom stereocenters. The average Bonchev–Trinajstić information content (AvgIpc) is 3.03. The molecule has 4 nitrogen and oxygen atoms in total. The quantitative estimate of drug-likeness (QED) is 0.358. The fraction of sp³-hybridized carbons (Fsp3) is 0.0870. The summed E-state index contributed by atoms with van der Waals surface area (Å²) < 4.78 is 1.09. The Morgan fingerprint density at radius 3 is 2.46 bits per heavy atom. The van der Waals surface area contributed by atoms with E-state index in [0.717, 1.165) is 38.3 Å². The van der Waals surface area contributed by atoms with Crippen LogP contribution in [-0.2, 0) is 11.3 Å². The number of carbonyl (C=O) groups is 1. The number of rotatable bonds is 5. The number of fused-ring (bicyclic) bond motifs is 1. The van der Waals surface area contributed by atoms with Gasteiger partial charge in [-0.05, 0) is 65.0 Å². The number of benzene rings is 3. The predicted molar refractivity (Wildman–Crippen MR) is 124 cm³/mol. The Bertz CT molecular complexity index is 1040. The lowest BCUT2D eigenvalue weighted by Gasteiger charge is -2.15. The van der Waals surface area contributed by atoms with Gasteiger partial charge in [0.1, 0.15) is 0 Å². The molecule has 0 spiro atoms. The summed E-state index contributed by atoms with van der Waals surface area (Å²) in [6, 6.07) is 24.2. The van der Waals surface area contributed by atoms with E-state index >= 15 is 0 Å². The number of hydrogen-bond donors (Lipinski definition) is 3. The van der Waals surface area contributed by atoms with Crippen LogP contribution in [0.4, 0.5) is 11.4 Å². The lowest BCUT2D eigenvalue weighted by atomic mass is 10.00. The molecule has 3 N–H and O–H groups in total. The van der Waals surface area contributed by atoms with Crippen molar-refractivity contribution in [2.75, 3.05) is 17.7 Å². The van der Waals surface area contributed by atoms with Gasteiger partial charge in [-0.2, -0.15) is 0 Å². The Hall–Kier alpha value is -2.64. The van der Waals surface area contributed by atoms with E-state index in [1.807, 2.05) is 67.7 Å². The zero-order chi connectivity index (χ0) is 19.5. The average molecular weight is 481 g/mol. The van der Waals surface area contributed by atoms with E-state index < -0.39 is 0 Å². The topological polar surface area (TPSA) is 53.2 Å². The molecule has 1 aliphatic heterocycles. The molecular weight excluding hydrogens is 461 g/mol. The molecule has 0 aromatic heterocycles. The second-order valence-corrected chi connectivity index (χ2v) is 7.86. The van der Waals surface area contributed by atoms with Crippen molar-refractivity contribution in [3.63, 3.8) is 0 Å². The van der Waals surface area contributed by atoms with Crippen molar-refractivity contribution in [2.45, 2.75) is 6.54 Å². The van der Waals surface area contributed by atoms with E-state index in [9.17, 15) is 4.79 Å². The van der Waals surface area contributed by atoms with Crippen LogP contribution in [0.2, 0.25) is 0 Å². The van der Waals surface area contributed by atoms with E-state index in [1.54, 1.807) is 0 Å². The molecule has 4 rings (SSSR count). The highest BCUT2D eigenvalue weighted by Crippen LogP contribution is 2.38. The van der Waals surface area contributed by atoms with Crippen molar-refractivity contribution in [3.05, 3.63) is 93.1 Å². The number of halogens is 1. The summed E-state index contributed by atoms with van der Waals surface area (Å²) in [5, 5.41) is 9.64. The fourth-order valence-electron chi connectivity index (χ4n) is 3.33. The maximum atomic E-state index is 12.9. The van der Waals surface area contributed by atoms with E-state index in [0.29, 0.717) is 5.57 Å². The summed E-state index contributed by atoms with van der Waals surface area (Å²) in [5.41, 5.74) is 6.36. The highest BCUT2D eigenvalue weighted by molar-refractivity contribution is 14.1. The first-order valence-electron chi connectivity index (χ1n) is 9.07. The van der Waals surface area contributed by atoms with E-state index in [1.165, 1.54) is 5.56 Å². The molecule has 0 atom stereocenters. The third-order valence-electron chi connectivity index (χ3n) is 4.64. The smallest absolute Gasteiger partial charge is 0.258 e. The van der Waals surface area contributed by atoms with Gasteiger partial charge in [0.2, 0.25) is 0 Å². The molecule has 0 bridgehead atoms. The van der Waals surface area contributed by atoms with Crippen LogP contribution in [0.25, 0.3) is 11.3 Å². The third-order valence-corrected chi connectivity index (χ3v) is 5.31. The molecule has 0 aliphatic carbocycles. The second kappa shape index (κ2) is 8.16. The van der Waals surface area contributed by atoms with Gasteiger partial charge in [0.25, 0.3) is 5.91 Å². The lowest BCUT2D eigenvalue weighted by Crippen LogP contribution is -2.10. The Morgan fingerprint density at radius 1 is 1.00 bits per heavy atom. The minimum atomic E-state index is -0.0878. The Kier molecular flexibility index (Phi) is 5.45. The van der Waals surface area contributed by atoms with Gasteiger partial charge in [-0.25, -0.2) is 0 Å². The normalized spacial score (nSPS) is 14.4. The second-order valence-electron chi connectivity index (χ2n) is 6.61. The standard InChI is InChI=1S/C23H20IN3O/c1-25-14-15-7-10-18(11-8-15)26-22(16-5-3-2-4-6-16)21-19-12-9-17(24)13-20(19)27-23(21)28/h2-13,25-26H,14H2,1H3,(H,27,28)/b22-21-. The summed E-state index contributed by atoms with van der Waals surface area (Å²) in [6.45, 7) is 0.821. The summed E-state index contributed by atoms with van der Waals surface area (Å²) in [7, 11) is 1.93. The van der Waals surface area contributed by atoms with Gasteiger partial charge in [-0.1, -0.05) is 48.5 Å². The zero-order valence-corrected chi connectivity index (χ0v) is 17.6. The first-order chi connectivity index (χ1) is 13.7. The van der Waals surface area contributed by atoms with Crippen LogP contribution in [0.1, 0.15) is 16.7 Å². The van der Waals surface area contributed by atoms with Crippen LogP contribution < -0.4 is 16.0 Å². The minimum absolute atomic E-state index is 0.0878. The Morgan fingerprint density at radius 2 is 1.75 bits per heavy atom. The monoisotopic (exact) mass is 481 g/mol. The fourth-order valence-corrected chi connectivity index (χ4v) is 3.82. The number of amides is 1. The SMILES string of the molecule is CNCc1ccc(N/C(=C2\C(=O)Nc3cc(I)ccc32)c2ccccc2)cc1. The van der Waals surface area contributed by atoms with Crippen LogP contribution in [0.15, 0.2) is 72.8 Å². The molecule has 1 amide bonds. The van der Waals surface area contributed by atoms with Crippen molar-refractivity contribution in [1.29, 1.82) is 0 Å². The van der Waals surface area contributed by atoms with Gasteiger partial charge < -0.3 is 16.0 Å². The highest BCUT2D eigenvalue weighted by Gasteiger charge is 2.28. The van der Waals surface area contributed by atoms with Gasteiger partial charge in [-0.15, -0.1) is 0 Å². The van der Waals surface area contributed by atoms with Crippen molar-refractivity contribution in [3.8, 4) is 0 Å². The summed E-state index contributed by atoms with van der Waals surface area (Å²) in [6.07, 6.45) is 0. The number of hydrogen-bond acceptors (Lipinski definition) is 3. The maximum Gasteiger partial charge on any atom is 0.258 e. The number of carbonyl (C=O) groups excluding carboxylic acids is 1. The van der Waals surface area contributed by atoms with Gasteiger partial charge in [0.05, 0.1) is 17.0 Å². The number of anilines is 2. The molecule has 3 aromatic rings. The molecule has 1 aliphatic rings. The molecule has 1 heterocycles. The van der Waals surface area contributed by atoms with Crippen LogP contribution in [0, 0.1) is 3.57 Å². The third kappa shape index (κ3) is 3.81. The minimum Gasteiger partial charge on any atom is -0.354 e. The van der Waals surface area contributed by atoms with Crippen LogP contribution in [-0.4, -0.2) is 13.0 Å². The largest absolute Gasteiger partial charge is 0.354 e. The molecule has 28 heavy (non-hydrogen) atoms. The first kappa shape index (κ1) is 18.7. The molecular formula is C23H20IN3O. The van der Waals surface area contributed by atoms with Crippen molar-refractivity contribution in [1.82, 2.24) is 5.32 Å². The molecule has 0 saturated carbocycles. The van der Waals surface area contributed by atoms with Gasteiger partial charge in [-0.3, -0.25) is 4.79 Å². The van der Waals surface area contributed by atoms with Crippen LogP contribution in [0.5, 0.6) is 0 Å². The maximum absolute atomic E-state index is 12.9. The highest BCUT2D eigenvalue weighted by atomic mass is 127. The van der Waals surface area contributed by atoms with Crippen molar-refractivity contribution >= 4 is 51.1 Å². The molecule has 0 fully saturated rings. The summed E-state index contributed by atoms with van der Waals surface area (Å²) in [5.74, 6) is -0.0878. The molecule has 3 aromatic carbocycles. The first-order valence-corrected chi connectivity index (χ1v) is 10.1. The predicted octanol–water partition coefficient (Wildman–Crippen LogP) is 4.94. The number of nitrogens with one attached hydrogen (secondary N) is 3. The van der Waals surface area contributed by atoms with Gasteiger partial charge >= 0.3 is 0 Å². The molecule has 140 valence electrons. The molecule has 0 saturated heterocycles. The van der Waals surface area contributed by atoms with Crippen molar-refractivity contribution < 1.29 is 4.79 Å². The Labute approximate surface area is 178 Å². The lowest BCUT2D eigenvalue weighted by molar-refractivity contribution is -0.110. The molecule has 0 radical (unpaired) electrons. The van der Waals surface area contributed by atoms with Crippen LogP contribution in [0.3, 0.4) is 0 Å². The van der Waals surface area contributed by atoms with E-state index in [4.69, 9.17) is 0 Å². The Balaban J connectivity index is 1.81. The summed E-state index contributed by atoms with van der Waals surface area (Å²) in [4.78, 5) is 12.9. The molecule has 5 heteroatoms.